The maximum absolute atomic E-state index is 16.3. The number of benzene rings is 7. The fraction of sp³-hybridized carbons (Fsp3) is 0.0204. The summed E-state index contributed by atoms with van der Waals surface area (Å²) in [5.41, 5.74) is 9.48. The monoisotopic (exact) mass is 920 g/mol. The number of hydrogen-bond acceptors (Lipinski definition) is 3. The van der Waals surface area contributed by atoms with E-state index in [0.29, 0.717) is 11.4 Å². The van der Waals surface area contributed by atoms with Gasteiger partial charge in [0.1, 0.15) is 11.6 Å². The summed E-state index contributed by atoms with van der Waals surface area (Å²) in [5, 5.41) is 2.17. The molecule has 0 radical (unpaired) electrons. The minimum absolute atomic E-state index is 0. The van der Waals surface area contributed by atoms with Crippen molar-refractivity contribution in [2.24, 2.45) is 0 Å². The second-order valence-corrected chi connectivity index (χ2v) is 13.9. The molecule has 0 N–H and O–H groups in total. The van der Waals surface area contributed by atoms with E-state index in [9.17, 15) is 0 Å². The number of hydrogen-bond donors (Lipinski definition) is 0. The molecule has 10 aromatic rings. The van der Waals surface area contributed by atoms with Gasteiger partial charge >= 0.3 is 27.0 Å². The molecule has 3 aromatic heterocycles. The molecule has 7 aromatic carbocycles. The molecule has 0 amide bonds. The van der Waals surface area contributed by atoms with Crippen LogP contribution in [0.3, 0.4) is 0 Å². The van der Waals surface area contributed by atoms with Crippen LogP contribution in [0.5, 0.6) is 0 Å². The minimum atomic E-state index is -3.25. The first-order valence-corrected chi connectivity index (χ1v) is 18.4. The van der Waals surface area contributed by atoms with Gasteiger partial charge in [0.25, 0.3) is 0 Å². The van der Waals surface area contributed by atoms with Gasteiger partial charge < -0.3 is 9.88 Å². The maximum Gasteiger partial charge on any atom is 2.00 e. The minimum Gasteiger partial charge on any atom is -0.656 e. The van der Waals surface area contributed by atoms with Crippen molar-refractivity contribution in [3.63, 3.8) is 0 Å². The van der Waals surface area contributed by atoms with E-state index in [1.165, 1.54) is 12.1 Å². The van der Waals surface area contributed by atoms with Gasteiger partial charge in [0.15, 0.2) is 0 Å². The van der Waals surface area contributed by atoms with E-state index >= 15 is 8.78 Å². The number of imidazole rings is 1. The zero-order valence-corrected chi connectivity index (χ0v) is 32.3. The van der Waals surface area contributed by atoms with Gasteiger partial charge in [0.2, 0.25) is 0 Å². The molecule has 8 heteroatoms. The van der Waals surface area contributed by atoms with Crippen LogP contribution in [0.15, 0.2) is 176 Å². The van der Waals surface area contributed by atoms with Crippen molar-refractivity contribution in [2.45, 2.75) is 5.92 Å². The van der Waals surface area contributed by atoms with Gasteiger partial charge in [-0.1, -0.05) is 115 Å². The topological polar surface area (TPSA) is 48.1 Å². The molecule has 0 bridgehead atoms. The zero-order chi connectivity index (χ0) is 37.4. The van der Waals surface area contributed by atoms with Crippen LogP contribution in [-0.2, 0) is 27.0 Å². The third-order valence-electron chi connectivity index (χ3n) is 10.7. The third kappa shape index (κ3) is 5.45. The first-order chi connectivity index (χ1) is 27.5. The van der Waals surface area contributed by atoms with Crippen LogP contribution >= 0.6 is 0 Å². The average molecular weight is 921 g/mol. The average Bonchev–Trinajstić information content (AvgIpc) is 3.84. The zero-order valence-electron chi connectivity index (χ0n) is 30.1. The van der Waals surface area contributed by atoms with Crippen molar-refractivity contribution >= 4 is 50.0 Å². The number of anilines is 3. The molecule has 11 rings (SSSR count). The number of fused-ring (bicyclic) bond motifs is 6. The van der Waals surface area contributed by atoms with Crippen LogP contribution in [0, 0.1) is 6.07 Å². The first-order valence-electron chi connectivity index (χ1n) is 18.4. The molecule has 4 heterocycles. The summed E-state index contributed by atoms with van der Waals surface area (Å²) >= 11 is 0. The summed E-state index contributed by atoms with van der Waals surface area (Å²) in [6.07, 6.45) is 1.56. The number of para-hydroxylation sites is 4. The quantitative estimate of drug-likeness (QED) is 0.161. The fourth-order valence-electron chi connectivity index (χ4n) is 8.18. The van der Waals surface area contributed by atoms with Gasteiger partial charge in [-0.15, -0.1) is 40.9 Å². The van der Waals surface area contributed by atoms with E-state index in [0.717, 1.165) is 72.2 Å². The Morgan fingerprint density at radius 2 is 1.35 bits per heavy atom. The van der Waals surface area contributed by atoms with Crippen molar-refractivity contribution in [1.29, 1.82) is 0 Å². The van der Waals surface area contributed by atoms with Crippen LogP contribution in [0.2, 0.25) is 0 Å². The summed E-state index contributed by atoms with van der Waals surface area (Å²) in [6.45, 7) is 0. The molecule has 274 valence electrons. The van der Waals surface area contributed by atoms with Crippen molar-refractivity contribution in [3.05, 3.63) is 193 Å². The molecule has 0 unspecified atom stereocenters. The van der Waals surface area contributed by atoms with Gasteiger partial charge in [-0.3, -0.25) is 4.57 Å². The van der Waals surface area contributed by atoms with Crippen molar-refractivity contribution in [2.75, 3.05) is 4.90 Å². The predicted molar refractivity (Wildman–Crippen MR) is 220 cm³/mol. The van der Waals surface area contributed by atoms with Gasteiger partial charge in [-0.05, 0) is 70.1 Å². The smallest absolute Gasteiger partial charge is 0.656 e. The fourth-order valence-corrected chi connectivity index (χ4v) is 8.18. The number of nitrogens with zero attached hydrogens (tertiary/aromatic N) is 5. The SMILES string of the molecule is FC1(F)c2ccc(-c3ccccc3)cc2N(c2[c-]c(-c3cccc4c3nc(-c3cccc5c3[n-]c3ccccc35)n4-c3ccccc3)ccc2)c2ncccc21.[Pt+2]. The Balaban J connectivity index is 0.00000396. The Hall–Kier alpha value is -6.69. The predicted octanol–water partition coefficient (Wildman–Crippen LogP) is 12.4. The molecular weight excluding hydrogens is 892 g/mol. The Kier molecular flexibility index (Phi) is 8.24. The van der Waals surface area contributed by atoms with Crippen LogP contribution in [-0.4, -0.2) is 14.5 Å². The molecule has 0 spiro atoms. The number of aromatic nitrogens is 4. The van der Waals surface area contributed by atoms with Crippen molar-refractivity contribution in [1.82, 2.24) is 19.5 Å². The molecule has 0 aliphatic carbocycles. The Morgan fingerprint density at radius 1 is 0.614 bits per heavy atom. The van der Waals surface area contributed by atoms with Gasteiger partial charge in [0.05, 0.1) is 22.3 Å². The van der Waals surface area contributed by atoms with Gasteiger partial charge in [0, 0.05) is 23.0 Å². The summed E-state index contributed by atoms with van der Waals surface area (Å²) in [7, 11) is 0. The number of alkyl halides is 2. The number of halogens is 2. The van der Waals surface area contributed by atoms with Crippen LogP contribution in [0.4, 0.5) is 26.0 Å². The molecule has 0 fully saturated rings. The molecule has 1 aliphatic rings. The summed E-state index contributed by atoms with van der Waals surface area (Å²) < 4.78 is 34.8. The molecule has 0 saturated heterocycles. The Morgan fingerprint density at radius 3 is 2.21 bits per heavy atom. The summed E-state index contributed by atoms with van der Waals surface area (Å²) in [6, 6.07) is 58.2. The Labute approximate surface area is 341 Å². The third-order valence-corrected chi connectivity index (χ3v) is 10.7. The normalized spacial score (nSPS) is 13.1. The van der Waals surface area contributed by atoms with E-state index in [2.05, 4.69) is 58.1 Å². The molecule has 1 aliphatic heterocycles. The molecule has 5 nitrogen and oxygen atoms in total. The van der Waals surface area contributed by atoms with Crippen LogP contribution in [0.25, 0.3) is 72.2 Å². The van der Waals surface area contributed by atoms with E-state index in [1.807, 2.05) is 103 Å². The summed E-state index contributed by atoms with van der Waals surface area (Å²) in [4.78, 5) is 16.9. The first kappa shape index (κ1) is 34.8. The van der Waals surface area contributed by atoms with Crippen molar-refractivity contribution < 1.29 is 29.8 Å². The second kappa shape index (κ2) is 13.5. The van der Waals surface area contributed by atoms with Crippen molar-refractivity contribution in [3.8, 4) is 39.3 Å². The van der Waals surface area contributed by atoms with E-state index in [4.69, 9.17) is 9.97 Å². The molecule has 57 heavy (non-hydrogen) atoms. The van der Waals surface area contributed by atoms with E-state index in [-0.39, 0.29) is 38.0 Å². The van der Waals surface area contributed by atoms with Crippen LogP contribution in [0.1, 0.15) is 11.1 Å². The number of rotatable bonds is 5. The molecule has 0 saturated carbocycles. The molecular formula is C49H29F2N5Pt. The maximum atomic E-state index is 16.3. The number of pyridine rings is 1. The van der Waals surface area contributed by atoms with Gasteiger partial charge in [-0.2, -0.15) is 8.78 Å². The standard InChI is InChI=1S/C49H29F2N5.Pt/c50-49(51)40-27-26-32(31-13-3-1-4-14-31)30-44(40)56(48-41(49)23-12-28-52-48)35-18-9-15-33(29-35)36-20-11-25-43-46(36)54-47(55(43)34-16-5-2-6-17-34)39-22-10-21-38-37-19-7-8-24-42(37)53-45(38)39;/h1-28,30H;/q-2;+2. The Bertz CT molecular complexity index is 3140. The largest absolute Gasteiger partial charge is 2.00 e. The van der Waals surface area contributed by atoms with Gasteiger partial charge in [-0.25, -0.2) is 9.97 Å². The van der Waals surface area contributed by atoms with Crippen LogP contribution < -0.4 is 9.88 Å². The molecule has 0 atom stereocenters. The van der Waals surface area contributed by atoms with E-state index < -0.39 is 5.92 Å². The summed E-state index contributed by atoms with van der Waals surface area (Å²) in [5.74, 6) is -2.32. The second-order valence-electron chi connectivity index (χ2n) is 13.9. The van der Waals surface area contributed by atoms with E-state index in [1.54, 1.807) is 23.2 Å².